The van der Waals surface area contributed by atoms with Gasteiger partial charge in [0.2, 0.25) is 0 Å². The van der Waals surface area contributed by atoms with E-state index < -0.39 is 0 Å². The molecule has 0 bridgehead atoms. The lowest BCUT2D eigenvalue weighted by molar-refractivity contribution is 0.475. The number of aromatic hydroxyl groups is 1. The molecule has 1 aliphatic carbocycles. The van der Waals surface area contributed by atoms with Crippen molar-refractivity contribution in [3.63, 3.8) is 0 Å². The minimum absolute atomic E-state index is 0.322. The van der Waals surface area contributed by atoms with Gasteiger partial charge in [-0.15, -0.1) is 0 Å². The number of rotatable bonds is 1. The quantitative estimate of drug-likeness (QED) is 0.380. The van der Waals surface area contributed by atoms with Crippen molar-refractivity contribution in [2.75, 3.05) is 0 Å². The second-order valence-corrected chi connectivity index (χ2v) is 6.37. The van der Waals surface area contributed by atoms with E-state index in [1.54, 1.807) is 24.3 Å². The van der Waals surface area contributed by atoms with E-state index in [9.17, 15) is 0 Å². The lowest BCUT2D eigenvalue weighted by Crippen LogP contribution is -1.87. The third kappa shape index (κ3) is 3.25. The van der Waals surface area contributed by atoms with Crippen molar-refractivity contribution in [3.8, 4) is 28.0 Å². The van der Waals surface area contributed by atoms with Gasteiger partial charge in [-0.1, -0.05) is 91.0 Å². The van der Waals surface area contributed by atoms with Crippen molar-refractivity contribution in [1.29, 1.82) is 0 Å². The Hall–Kier alpha value is -3.32. The van der Waals surface area contributed by atoms with Crippen LogP contribution in [0.5, 0.6) is 5.75 Å². The SMILES string of the molecule is Oc1ccccc1.c1ccc(-c2cccc3c2Cc2ccccc2-3)cc1. The predicted octanol–water partition coefficient (Wildman–Crippen LogP) is 6.32. The molecular weight excluding hydrogens is 316 g/mol. The van der Waals surface area contributed by atoms with Gasteiger partial charge in [0.25, 0.3) is 0 Å². The van der Waals surface area contributed by atoms with E-state index in [4.69, 9.17) is 5.11 Å². The highest BCUT2D eigenvalue weighted by atomic mass is 16.3. The van der Waals surface area contributed by atoms with Crippen molar-refractivity contribution in [2.24, 2.45) is 0 Å². The molecule has 0 unspecified atom stereocenters. The summed E-state index contributed by atoms with van der Waals surface area (Å²) >= 11 is 0. The molecule has 1 nitrogen and oxygen atoms in total. The first-order chi connectivity index (χ1) is 12.8. The molecule has 4 aromatic carbocycles. The fourth-order valence-electron chi connectivity index (χ4n) is 3.47. The average Bonchev–Trinajstić information content (AvgIpc) is 3.09. The summed E-state index contributed by atoms with van der Waals surface area (Å²) in [5.41, 5.74) is 8.39. The summed E-state index contributed by atoms with van der Waals surface area (Å²) in [6.45, 7) is 0. The van der Waals surface area contributed by atoms with Crippen molar-refractivity contribution in [3.05, 3.63) is 114 Å². The lowest BCUT2D eigenvalue weighted by Gasteiger charge is -2.08. The highest BCUT2D eigenvalue weighted by Crippen LogP contribution is 2.41. The molecule has 0 atom stereocenters. The van der Waals surface area contributed by atoms with Crippen LogP contribution >= 0.6 is 0 Å². The van der Waals surface area contributed by atoms with Gasteiger partial charge < -0.3 is 5.11 Å². The predicted molar refractivity (Wildman–Crippen MR) is 108 cm³/mol. The summed E-state index contributed by atoms with van der Waals surface area (Å²) in [6.07, 6.45) is 1.05. The molecule has 0 heterocycles. The zero-order chi connectivity index (χ0) is 17.8. The molecule has 5 rings (SSSR count). The van der Waals surface area contributed by atoms with Crippen molar-refractivity contribution >= 4 is 0 Å². The zero-order valence-corrected chi connectivity index (χ0v) is 14.5. The Labute approximate surface area is 154 Å². The molecule has 1 N–H and O–H groups in total. The number of hydrogen-bond donors (Lipinski definition) is 1. The second kappa shape index (κ2) is 7.28. The molecule has 26 heavy (non-hydrogen) atoms. The van der Waals surface area contributed by atoms with E-state index in [0.717, 1.165) is 6.42 Å². The van der Waals surface area contributed by atoms with E-state index in [1.807, 2.05) is 6.07 Å². The molecule has 0 aromatic heterocycles. The summed E-state index contributed by atoms with van der Waals surface area (Å²) in [5, 5.41) is 8.63. The van der Waals surface area contributed by atoms with Crippen LogP contribution in [0.1, 0.15) is 11.1 Å². The molecule has 0 saturated carbocycles. The normalized spacial score (nSPS) is 11.1. The Balaban J connectivity index is 0.000000204. The molecule has 0 fully saturated rings. The highest BCUT2D eigenvalue weighted by Gasteiger charge is 2.20. The van der Waals surface area contributed by atoms with Crippen molar-refractivity contribution in [1.82, 2.24) is 0 Å². The molecular formula is C25H20O. The number of para-hydroxylation sites is 1. The molecule has 0 saturated heterocycles. The minimum Gasteiger partial charge on any atom is -0.508 e. The minimum atomic E-state index is 0.322. The topological polar surface area (TPSA) is 20.2 Å². The molecule has 0 spiro atoms. The van der Waals surface area contributed by atoms with Gasteiger partial charge in [0.05, 0.1) is 0 Å². The van der Waals surface area contributed by atoms with E-state index in [1.165, 1.54) is 33.4 Å². The average molecular weight is 336 g/mol. The van der Waals surface area contributed by atoms with Gasteiger partial charge in [-0.2, -0.15) is 0 Å². The summed E-state index contributed by atoms with van der Waals surface area (Å²) in [4.78, 5) is 0. The molecule has 1 heteroatoms. The van der Waals surface area contributed by atoms with E-state index >= 15 is 0 Å². The Bertz CT molecular complexity index is 1000. The fraction of sp³-hybridized carbons (Fsp3) is 0.0400. The summed E-state index contributed by atoms with van der Waals surface area (Å²) < 4.78 is 0. The Morgan fingerprint density at radius 1 is 0.500 bits per heavy atom. The Morgan fingerprint density at radius 3 is 1.77 bits per heavy atom. The number of phenols is 1. The van der Waals surface area contributed by atoms with Gasteiger partial charge in [-0.3, -0.25) is 0 Å². The molecule has 0 aliphatic heterocycles. The van der Waals surface area contributed by atoms with Crippen LogP contribution in [0.25, 0.3) is 22.3 Å². The number of benzene rings is 4. The summed E-state index contributed by atoms with van der Waals surface area (Å²) in [6, 6.07) is 34.8. The molecule has 126 valence electrons. The Kier molecular flexibility index (Phi) is 4.53. The highest BCUT2D eigenvalue weighted by molar-refractivity contribution is 5.84. The molecule has 0 amide bonds. The fourth-order valence-corrected chi connectivity index (χ4v) is 3.47. The maximum atomic E-state index is 8.63. The largest absolute Gasteiger partial charge is 0.508 e. The zero-order valence-electron chi connectivity index (χ0n) is 14.5. The maximum Gasteiger partial charge on any atom is 0.115 e. The third-order valence-electron chi connectivity index (χ3n) is 4.69. The molecule has 4 aromatic rings. The van der Waals surface area contributed by atoms with Gasteiger partial charge in [-0.05, 0) is 51.9 Å². The molecule has 0 radical (unpaired) electrons. The number of phenolic OH excluding ortho intramolecular Hbond substituents is 1. The van der Waals surface area contributed by atoms with Crippen molar-refractivity contribution < 1.29 is 5.11 Å². The number of hydrogen-bond acceptors (Lipinski definition) is 1. The van der Waals surface area contributed by atoms with Crippen LogP contribution in [-0.2, 0) is 6.42 Å². The Morgan fingerprint density at radius 2 is 1.08 bits per heavy atom. The standard InChI is InChI=1S/C19H14.C6H6O/c1-2-7-14(8-3-1)16-11-6-12-18-17-10-5-4-9-15(17)13-19(16)18;7-6-4-2-1-3-5-6/h1-12H,13H2;1-5,7H. The van der Waals surface area contributed by atoms with Gasteiger partial charge in [0.1, 0.15) is 5.75 Å². The van der Waals surface area contributed by atoms with Gasteiger partial charge in [0.15, 0.2) is 0 Å². The van der Waals surface area contributed by atoms with E-state index in [-0.39, 0.29) is 0 Å². The second-order valence-electron chi connectivity index (χ2n) is 6.37. The van der Waals surface area contributed by atoms with E-state index in [2.05, 4.69) is 72.8 Å². The van der Waals surface area contributed by atoms with E-state index in [0.29, 0.717) is 5.75 Å². The van der Waals surface area contributed by atoms with Crippen LogP contribution in [0.4, 0.5) is 0 Å². The van der Waals surface area contributed by atoms with Crippen LogP contribution in [-0.4, -0.2) is 5.11 Å². The smallest absolute Gasteiger partial charge is 0.115 e. The molecule has 1 aliphatic rings. The van der Waals surface area contributed by atoms with Crippen LogP contribution in [0, 0.1) is 0 Å². The first-order valence-electron chi connectivity index (χ1n) is 8.82. The van der Waals surface area contributed by atoms with Crippen LogP contribution < -0.4 is 0 Å². The summed E-state index contributed by atoms with van der Waals surface area (Å²) in [5.74, 6) is 0.322. The van der Waals surface area contributed by atoms with Crippen LogP contribution in [0.3, 0.4) is 0 Å². The van der Waals surface area contributed by atoms with Gasteiger partial charge >= 0.3 is 0 Å². The lowest BCUT2D eigenvalue weighted by atomic mass is 9.96. The first kappa shape index (κ1) is 16.2. The number of fused-ring (bicyclic) bond motifs is 3. The monoisotopic (exact) mass is 336 g/mol. The third-order valence-corrected chi connectivity index (χ3v) is 4.69. The van der Waals surface area contributed by atoms with Crippen LogP contribution in [0.2, 0.25) is 0 Å². The van der Waals surface area contributed by atoms with Gasteiger partial charge in [-0.25, -0.2) is 0 Å². The van der Waals surface area contributed by atoms with Crippen LogP contribution in [0.15, 0.2) is 103 Å². The maximum absolute atomic E-state index is 8.63. The van der Waals surface area contributed by atoms with Gasteiger partial charge in [0, 0.05) is 0 Å². The summed E-state index contributed by atoms with van der Waals surface area (Å²) in [7, 11) is 0. The van der Waals surface area contributed by atoms with Crippen molar-refractivity contribution in [2.45, 2.75) is 6.42 Å². The first-order valence-corrected chi connectivity index (χ1v) is 8.82.